The van der Waals surface area contributed by atoms with Gasteiger partial charge in [-0.3, -0.25) is 9.88 Å². The van der Waals surface area contributed by atoms with Gasteiger partial charge in [0.2, 0.25) is 0 Å². The highest BCUT2D eigenvalue weighted by atomic mass is 19.1. The fraction of sp³-hybridized carbons (Fsp3) is 0.535. The van der Waals surface area contributed by atoms with Gasteiger partial charge in [-0.05, 0) is 92.4 Å². The van der Waals surface area contributed by atoms with Crippen molar-refractivity contribution in [3.05, 3.63) is 47.7 Å². The summed E-state index contributed by atoms with van der Waals surface area (Å²) in [6.07, 6.45) is 1.43. The molecule has 4 fully saturated rings. The monoisotopic (exact) mass is 830 g/mol. The molecule has 10 rings (SSSR count). The SMILES string of the molecule is C[C@@]12C[C@@H](F)CN(C1)c1nc(OC[C@@]34CCCN3C[C@H](F)C4)nc3c(F)c(ncc13)-c1cc(OC(=O)N3CCC[C@H](CC#N)C3)cc3ccc(F)c(c13)CCCOC(=O)N2. The predicted molar refractivity (Wildman–Crippen MR) is 212 cm³/mol. The molecule has 4 saturated heterocycles. The first-order chi connectivity index (χ1) is 28.9. The molecule has 4 aromatic rings. The van der Waals surface area contributed by atoms with Gasteiger partial charge in [0.25, 0.3) is 0 Å². The first-order valence-corrected chi connectivity index (χ1v) is 20.7. The highest BCUT2D eigenvalue weighted by Gasteiger charge is 2.49. The van der Waals surface area contributed by atoms with Crippen LogP contribution < -0.4 is 19.7 Å². The van der Waals surface area contributed by atoms with Gasteiger partial charge in [-0.1, -0.05) is 6.07 Å². The number of nitriles is 1. The molecular weight excluding hydrogens is 785 g/mol. The minimum absolute atomic E-state index is 0.00957. The van der Waals surface area contributed by atoms with E-state index in [4.69, 9.17) is 19.2 Å². The molecule has 0 saturated carbocycles. The molecule has 0 aliphatic carbocycles. The van der Waals surface area contributed by atoms with Gasteiger partial charge in [-0.25, -0.2) is 27.2 Å². The van der Waals surface area contributed by atoms with Crippen LogP contribution in [0.3, 0.4) is 0 Å². The Morgan fingerprint density at radius 3 is 2.78 bits per heavy atom. The molecule has 0 unspecified atom stereocenters. The lowest BCUT2D eigenvalue weighted by Gasteiger charge is -2.42. The van der Waals surface area contributed by atoms with Crippen LogP contribution in [-0.2, 0) is 11.2 Å². The summed E-state index contributed by atoms with van der Waals surface area (Å²) in [6.45, 7) is 3.37. The Labute approximate surface area is 344 Å². The van der Waals surface area contributed by atoms with Crippen LogP contribution in [0.15, 0.2) is 30.5 Å². The maximum atomic E-state index is 17.6. The molecule has 5 atom stereocenters. The number of hydrogen-bond donors (Lipinski definition) is 1. The van der Waals surface area contributed by atoms with Crippen LogP contribution in [0.2, 0.25) is 0 Å². The molecule has 60 heavy (non-hydrogen) atoms. The van der Waals surface area contributed by atoms with Crippen LogP contribution in [0.4, 0.5) is 33.0 Å². The second-order valence-electron chi connectivity index (χ2n) is 17.3. The zero-order valence-corrected chi connectivity index (χ0v) is 33.3. The number of piperidine rings is 2. The van der Waals surface area contributed by atoms with Gasteiger partial charge in [0, 0.05) is 57.2 Å². The van der Waals surface area contributed by atoms with Gasteiger partial charge in [0.1, 0.15) is 47.5 Å². The van der Waals surface area contributed by atoms with E-state index in [1.54, 1.807) is 22.8 Å². The number of carbonyl (C=O) groups excluding carboxylic acids is 2. The average molecular weight is 831 g/mol. The summed E-state index contributed by atoms with van der Waals surface area (Å²) in [5.41, 5.74) is -1.82. The molecule has 6 aliphatic heterocycles. The molecule has 2 aromatic carbocycles. The van der Waals surface area contributed by atoms with Gasteiger partial charge in [-0.15, -0.1) is 0 Å². The minimum Gasteiger partial charge on any atom is -0.461 e. The number of aryl methyl sites for hydroxylation is 1. The maximum Gasteiger partial charge on any atom is 0.415 e. The Kier molecular flexibility index (Phi) is 10.5. The number of nitrogens with one attached hydrogen (secondary N) is 1. The van der Waals surface area contributed by atoms with Crippen molar-refractivity contribution in [2.24, 2.45) is 5.92 Å². The van der Waals surface area contributed by atoms with Crippen molar-refractivity contribution in [3.63, 3.8) is 0 Å². The van der Waals surface area contributed by atoms with Crippen molar-refractivity contribution in [3.8, 4) is 29.1 Å². The lowest BCUT2D eigenvalue weighted by molar-refractivity contribution is 0.107. The molecule has 8 heterocycles. The number of alkyl carbamates (subject to hydrolysis) is 1. The molecule has 6 aliphatic rings. The molecule has 2 amide bonds. The molecule has 17 heteroatoms. The summed E-state index contributed by atoms with van der Waals surface area (Å²) in [5.74, 6) is -1.30. The standard InChI is InChI=1S/C43H46F4N8O5/c1-42-17-27(44)21-54(23-42)38-32-19-49-36(35(47)37(32)50-39(51-38)59-24-43-10-4-13-55(43)22-28(45)18-43)31-16-29(60-41(57)53-12-2-5-25(20-53)9-11-48)15-26-7-8-33(46)30(34(26)31)6-3-14-58-40(56)52-42/h7-8,15-16,19,25,27-28H,2-6,9-10,12-14,17-18,20-24H2,1H3,(H,52,56)/t25-,27-,28-,42-,43+/m1/s1. The Morgan fingerprint density at radius 1 is 1.08 bits per heavy atom. The molecule has 1 N–H and O–H groups in total. The number of rotatable bonds is 5. The van der Waals surface area contributed by atoms with Crippen LogP contribution >= 0.6 is 0 Å². The van der Waals surface area contributed by atoms with Gasteiger partial charge in [0.15, 0.2) is 5.82 Å². The molecular formula is C43H46F4N8O5. The lowest BCUT2D eigenvalue weighted by atomic mass is 9.90. The summed E-state index contributed by atoms with van der Waals surface area (Å²) < 4.78 is 81.7. The van der Waals surface area contributed by atoms with Crippen molar-refractivity contribution >= 4 is 39.7 Å². The van der Waals surface area contributed by atoms with Crippen LogP contribution in [0, 0.1) is 28.9 Å². The van der Waals surface area contributed by atoms with E-state index in [2.05, 4.69) is 26.3 Å². The quantitative estimate of drug-likeness (QED) is 0.204. The first kappa shape index (κ1) is 39.9. The maximum absolute atomic E-state index is 17.6. The van der Waals surface area contributed by atoms with E-state index in [1.165, 1.54) is 24.4 Å². The van der Waals surface area contributed by atoms with E-state index in [-0.39, 0.29) is 103 Å². The van der Waals surface area contributed by atoms with E-state index in [9.17, 15) is 19.2 Å². The summed E-state index contributed by atoms with van der Waals surface area (Å²) >= 11 is 0. The number of anilines is 1. The Bertz CT molecular complexity index is 2400. The van der Waals surface area contributed by atoms with Gasteiger partial charge in [-0.2, -0.15) is 15.2 Å². The summed E-state index contributed by atoms with van der Waals surface area (Å²) in [6, 6.07) is 7.77. The van der Waals surface area contributed by atoms with E-state index in [0.717, 1.165) is 19.4 Å². The average Bonchev–Trinajstić information content (AvgIpc) is 3.74. The summed E-state index contributed by atoms with van der Waals surface area (Å²) in [5, 5.41) is 12.9. The number of carbonyl (C=O) groups is 2. The van der Waals surface area contributed by atoms with Gasteiger partial charge >= 0.3 is 18.2 Å². The van der Waals surface area contributed by atoms with E-state index in [0.29, 0.717) is 49.7 Å². The Balaban J connectivity index is 1.19. The summed E-state index contributed by atoms with van der Waals surface area (Å²) in [4.78, 5) is 45.8. The van der Waals surface area contributed by atoms with Gasteiger partial charge in [0.05, 0.1) is 35.7 Å². The van der Waals surface area contributed by atoms with Crippen molar-refractivity contribution in [1.29, 1.82) is 5.26 Å². The number of alkyl halides is 2. The second-order valence-corrected chi connectivity index (χ2v) is 17.3. The van der Waals surface area contributed by atoms with Crippen molar-refractivity contribution < 1.29 is 41.4 Å². The number of benzene rings is 2. The minimum atomic E-state index is -1.43. The smallest absolute Gasteiger partial charge is 0.415 e. The second kappa shape index (κ2) is 15.8. The number of amides is 2. The van der Waals surface area contributed by atoms with E-state index < -0.39 is 47.2 Å². The van der Waals surface area contributed by atoms with E-state index in [1.807, 2.05) is 0 Å². The third-order valence-electron chi connectivity index (χ3n) is 12.8. The number of likely N-dealkylation sites (tertiary alicyclic amines) is 1. The molecule has 0 spiro atoms. The number of ether oxygens (including phenoxy) is 3. The molecule has 0 radical (unpaired) electrons. The number of pyridine rings is 1. The van der Waals surface area contributed by atoms with Crippen molar-refractivity contribution in [1.82, 2.24) is 30.1 Å². The predicted octanol–water partition coefficient (Wildman–Crippen LogP) is 7.18. The molecule has 6 bridgehead atoms. The van der Waals surface area contributed by atoms with Gasteiger partial charge < -0.3 is 29.3 Å². The summed E-state index contributed by atoms with van der Waals surface area (Å²) in [7, 11) is 0. The third-order valence-corrected chi connectivity index (χ3v) is 12.8. The topological polar surface area (TPSA) is 146 Å². The molecule has 13 nitrogen and oxygen atoms in total. The van der Waals surface area contributed by atoms with Crippen molar-refractivity contribution in [2.75, 3.05) is 57.4 Å². The fourth-order valence-corrected chi connectivity index (χ4v) is 10.1. The third kappa shape index (κ3) is 7.58. The number of aromatic nitrogens is 3. The first-order valence-electron chi connectivity index (χ1n) is 20.7. The molecule has 316 valence electrons. The van der Waals surface area contributed by atoms with Crippen LogP contribution in [0.5, 0.6) is 11.8 Å². The molecule has 2 aromatic heterocycles. The zero-order chi connectivity index (χ0) is 41.8. The number of halogens is 4. The highest BCUT2D eigenvalue weighted by molar-refractivity contribution is 6.02. The Hall–Kier alpha value is -5.50. The number of fused-ring (bicyclic) bond motifs is 7. The zero-order valence-electron chi connectivity index (χ0n) is 33.3. The highest BCUT2D eigenvalue weighted by Crippen LogP contribution is 2.43. The number of hydrogen-bond acceptors (Lipinski definition) is 11. The van der Waals surface area contributed by atoms with E-state index >= 15 is 13.2 Å². The van der Waals surface area contributed by atoms with Crippen LogP contribution in [0.1, 0.15) is 63.9 Å². The normalized spacial score (nSPS) is 27.1. The Morgan fingerprint density at radius 2 is 1.93 bits per heavy atom. The van der Waals surface area contributed by atoms with Crippen LogP contribution in [-0.4, -0.2) is 113 Å². The lowest BCUT2D eigenvalue weighted by Crippen LogP contribution is -2.60. The largest absolute Gasteiger partial charge is 0.461 e. The van der Waals surface area contributed by atoms with Crippen molar-refractivity contribution in [2.45, 2.75) is 88.1 Å². The number of nitrogens with zero attached hydrogens (tertiary/aromatic N) is 7. The van der Waals surface area contributed by atoms with Crippen LogP contribution in [0.25, 0.3) is 32.9 Å². The fourth-order valence-electron chi connectivity index (χ4n) is 10.1.